The van der Waals surface area contributed by atoms with E-state index >= 15 is 0 Å². The number of rotatable bonds is 5. The van der Waals surface area contributed by atoms with Gasteiger partial charge >= 0.3 is 0 Å². The fourth-order valence-corrected chi connectivity index (χ4v) is 5.12. The number of amides is 1. The molecule has 1 saturated carbocycles. The third kappa shape index (κ3) is 5.25. The van der Waals surface area contributed by atoms with Gasteiger partial charge in [0.25, 0.3) is 0 Å². The first-order valence-corrected chi connectivity index (χ1v) is 11.6. The predicted octanol–water partition coefficient (Wildman–Crippen LogP) is 4.09. The van der Waals surface area contributed by atoms with Gasteiger partial charge in [0.05, 0.1) is 17.8 Å². The molecule has 188 valence electrons. The second kappa shape index (κ2) is 10.4. The van der Waals surface area contributed by atoms with Crippen LogP contribution in [0.1, 0.15) is 38.5 Å². The third-order valence-electron chi connectivity index (χ3n) is 6.88. The maximum atomic E-state index is 14.6. The number of carbonyl (C=O) groups excluding carboxylic acids is 1. The lowest BCUT2D eigenvalue weighted by atomic mass is 9.90. The Hall–Kier alpha value is -2.79. The summed E-state index contributed by atoms with van der Waals surface area (Å²) < 4.78 is 42.4. The van der Waals surface area contributed by atoms with Gasteiger partial charge in [-0.05, 0) is 58.2 Å². The number of aromatic amines is 1. The first kappa shape index (κ1) is 25.3. The number of likely N-dealkylation sites (tertiary alicyclic amines) is 1. The van der Waals surface area contributed by atoms with Crippen molar-refractivity contribution in [3.63, 3.8) is 0 Å². The van der Waals surface area contributed by atoms with Gasteiger partial charge < -0.3 is 15.6 Å². The van der Waals surface area contributed by atoms with E-state index in [0.29, 0.717) is 12.0 Å². The van der Waals surface area contributed by atoms with Crippen LogP contribution in [0.2, 0.25) is 0 Å². The molecule has 2 aromatic heterocycles. The molecule has 1 aliphatic carbocycles. The zero-order valence-corrected chi connectivity index (χ0v) is 20.4. The Kier molecular flexibility index (Phi) is 7.56. The molecule has 5 rings (SSSR count). The molecule has 2 fully saturated rings. The van der Waals surface area contributed by atoms with Crippen LogP contribution in [-0.2, 0) is 4.79 Å². The summed E-state index contributed by atoms with van der Waals surface area (Å²) in [6, 6.07) is 1.85. The van der Waals surface area contributed by atoms with Crippen LogP contribution >= 0.6 is 13.5 Å². The van der Waals surface area contributed by atoms with Crippen LogP contribution in [0, 0.1) is 17.5 Å². The van der Waals surface area contributed by atoms with Crippen LogP contribution < -0.4 is 10.6 Å². The largest absolute Gasteiger partial charge is 0.365 e. The topological polar surface area (TPSA) is 85.9 Å². The van der Waals surface area contributed by atoms with E-state index in [-0.39, 0.29) is 60.1 Å². The Balaban J connectivity index is 0.00000289. The number of halogens is 3. The minimum absolute atomic E-state index is 0. The van der Waals surface area contributed by atoms with Crippen LogP contribution in [0.3, 0.4) is 0 Å². The molecule has 3 atom stereocenters. The van der Waals surface area contributed by atoms with Crippen molar-refractivity contribution in [2.75, 3.05) is 18.9 Å². The van der Waals surface area contributed by atoms with Gasteiger partial charge in [0.15, 0.2) is 17.5 Å². The molecule has 1 aromatic carbocycles. The van der Waals surface area contributed by atoms with E-state index in [4.69, 9.17) is 0 Å². The molecule has 0 bridgehead atoms. The molecule has 3 heterocycles. The Morgan fingerprint density at radius 3 is 2.69 bits per heavy atom. The van der Waals surface area contributed by atoms with Crippen molar-refractivity contribution >= 4 is 36.1 Å². The second-order valence-corrected chi connectivity index (χ2v) is 9.25. The molecular formula is C24H29F3N6OS. The molecule has 3 aromatic rings. The lowest BCUT2D eigenvalue weighted by Gasteiger charge is -2.32. The minimum atomic E-state index is -0.721. The molecule has 1 amide bonds. The van der Waals surface area contributed by atoms with Crippen LogP contribution in [0.5, 0.6) is 0 Å². The Morgan fingerprint density at radius 2 is 1.91 bits per heavy atom. The number of hydrogen-bond donors (Lipinski definition) is 3. The van der Waals surface area contributed by atoms with Gasteiger partial charge in [-0.25, -0.2) is 23.1 Å². The Bertz CT molecular complexity index is 1220. The Morgan fingerprint density at radius 1 is 1.11 bits per heavy atom. The van der Waals surface area contributed by atoms with Crippen molar-refractivity contribution in [2.24, 2.45) is 0 Å². The van der Waals surface area contributed by atoms with E-state index < -0.39 is 17.5 Å². The summed E-state index contributed by atoms with van der Waals surface area (Å²) in [5.74, 6) is -1.81. The monoisotopic (exact) mass is 506 g/mol. The fraction of sp³-hybridized carbons (Fsp3) is 0.458. The number of benzene rings is 1. The molecule has 1 saturated heterocycles. The first-order chi connectivity index (χ1) is 16.4. The normalized spacial score (nSPS) is 22.7. The SMILES string of the molecule is CN1CCC[C@H]1C(=O)N[C@H]1CCC[C@@H](Nc2nc(-c3c[nH]c4c(F)cc(F)cc34)ncc2F)C1.S. The number of carbonyl (C=O) groups is 1. The number of fused-ring (bicyclic) bond motifs is 1. The maximum absolute atomic E-state index is 14.6. The lowest BCUT2D eigenvalue weighted by Crippen LogP contribution is -2.48. The third-order valence-corrected chi connectivity index (χ3v) is 6.88. The Labute approximate surface area is 208 Å². The van der Waals surface area contributed by atoms with Crippen molar-refractivity contribution in [1.29, 1.82) is 0 Å². The van der Waals surface area contributed by atoms with Gasteiger partial charge in [-0.3, -0.25) is 9.69 Å². The predicted molar refractivity (Wildman–Crippen MR) is 133 cm³/mol. The van der Waals surface area contributed by atoms with Gasteiger partial charge in [-0.15, -0.1) is 0 Å². The highest BCUT2D eigenvalue weighted by molar-refractivity contribution is 7.59. The van der Waals surface area contributed by atoms with Crippen LogP contribution in [0.15, 0.2) is 24.5 Å². The molecule has 35 heavy (non-hydrogen) atoms. The zero-order valence-electron chi connectivity index (χ0n) is 19.4. The number of H-pyrrole nitrogens is 1. The second-order valence-electron chi connectivity index (χ2n) is 9.25. The number of nitrogens with one attached hydrogen (secondary N) is 3. The lowest BCUT2D eigenvalue weighted by molar-refractivity contribution is -0.126. The molecule has 0 radical (unpaired) electrons. The molecule has 0 unspecified atom stereocenters. The molecular weight excluding hydrogens is 477 g/mol. The van der Waals surface area contributed by atoms with Crippen molar-refractivity contribution in [1.82, 2.24) is 25.2 Å². The summed E-state index contributed by atoms with van der Waals surface area (Å²) in [6.45, 7) is 0.929. The van der Waals surface area contributed by atoms with Gasteiger partial charge in [0, 0.05) is 35.3 Å². The summed E-state index contributed by atoms with van der Waals surface area (Å²) in [5.41, 5.74) is 0.517. The summed E-state index contributed by atoms with van der Waals surface area (Å²) in [4.78, 5) is 25.9. The van der Waals surface area contributed by atoms with Crippen molar-refractivity contribution in [3.05, 3.63) is 42.0 Å². The number of aromatic nitrogens is 3. The van der Waals surface area contributed by atoms with Crippen LogP contribution in [-0.4, -0.2) is 57.5 Å². The number of likely N-dealkylation sites (N-methyl/N-ethyl adjacent to an activating group) is 1. The molecule has 1 aliphatic heterocycles. The summed E-state index contributed by atoms with van der Waals surface area (Å²) >= 11 is 0. The van der Waals surface area contributed by atoms with E-state index in [1.165, 1.54) is 12.3 Å². The number of hydrogen-bond acceptors (Lipinski definition) is 5. The number of anilines is 1. The van der Waals surface area contributed by atoms with Crippen molar-refractivity contribution < 1.29 is 18.0 Å². The zero-order chi connectivity index (χ0) is 23.8. The van der Waals surface area contributed by atoms with E-state index in [9.17, 15) is 18.0 Å². The van der Waals surface area contributed by atoms with Crippen molar-refractivity contribution in [3.8, 4) is 11.4 Å². The van der Waals surface area contributed by atoms with E-state index in [0.717, 1.165) is 50.9 Å². The molecule has 7 nitrogen and oxygen atoms in total. The average molecular weight is 507 g/mol. The highest BCUT2D eigenvalue weighted by Gasteiger charge is 2.31. The number of nitrogens with zero attached hydrogens (tertiary/aromatic N) is 3. The van der Waals surface area contributed by atoms with Gasteiger partial charge in [0.2, 0.25) is 5.91 Å². The van der Waals surface area contributed by atoms with Crippen LogP contribution in [0.25, 0.3) is 22.3 Å². The summed E-state index contributed by atoms with van der Waals surface area (Å²) in [6.07, 6.45) is 7.67. The summed E-state index contributed by atoms with van der Waals surface area (Å²) in [5, 5.41) is 6.61. The molecule has 3 N–H and O–H groups in total. The standard InChI is InChI=1S/C24H27F3N6O.H2S/c1-33-7-3-6-20(33)24(34)31-15-5-2-4-14(10-15)30-23-19(27)12-29-22(32-23)17-11-28-21-16(17)8-13(25)9-18(21)26;/h8-9,11-12,14-15,20,28H,2-7,10H2,1H3,(H,31,34)(H,29,30,32);1H2/t14-,15+,20+;/m1./s1. The van der Waals surface area contributed by atoms with Gasteiger partial charge in [-0.2, -0.15) is 13.5 Å². The van der Waals surface area contributed by atoms with Gasteiger partial charge in [-0.1, -0.05) is 0 Å². The van der Waals surface area contributed by atoms with Gasteiger partial charge in [0.1, 0.15) is 11.6 Å². The quantitative estimate of drug-likeness (QED) is 0.486. The summed E-state index contributed by atoms with van der Waals surface area (Å²) in [7, 11) is 1.97. The minimum Gasteiger partial charge on any atom is -0.365 e. The highest BCUT2D eigenvalue weighted by Crippen LogP contribution is 2.30. The van der Waals surface area contributed by atoms with E-state index in [1.807, 2.05) is 7.05 Å². The smallest absolute Gasteiger partial charge is 0.237 e. The highest BCUT2D eigenvalue weighted by atomic mass is 32.1. The molecule has 0 spiro atoms. The first-order valence-electron chi connectivity index (χ1n) is 11.6. The average Bonchev–Trinajstić information content (AvgIpc) is 3.42. The molecule has 2 aliphatic rings. The van der Waals surface area contributed by atoms with E-state index in [2.05, 4.69) is 30.5 Å². The van der Waals surface area contributed by atoms with Crippen molar-refractivity contribution in [2.45, 2.75) is 56.7 Å². The molecule has 11 heteroatoms. The van der Waals surface area contributed by atoms with Crippen LogP contribution in [0.4, 0.5) is 19.0 Å². The maximum Gasteiger partial charge on any atom is 0.237 e. The fourth-order valence-electron chi connectivity index (χ4n) is 5.12. The van der Waals surface area contributed by atoms with E-state index in [1.54, 1.807) is 0 Å².